The molecule has 0 amide bonds. The largest absolute Gasteiger partial charge is 0.356 e. The molecule has 0 aromatic carbocycles. The molecule has 2 heterocycles. The minimum absolute atomic E-state index is 0.380. The van der Waals surface area contributed by atoms with Crippen molar-refractivity contribution >= 4 is 29.2 Å². The van der Waals surface area contributed by atoms with E-state index in [9.17, 15) is 0 Å². The molecule has 1 aromatic heterocycles. The third-order valence-corrected chi connectivity index (χ3v) is 5.43. The molecular formula is C16H25ClN2S. The second-order valence-electron chi connectivity index (χ2n) is 6.05. The van der Waals surface area contributed by atoms with Gasteiger partial charge in [-0.1, -0.05) is 27.2 Å². The summed E-state index contributed by atoms with van der Waals surface area (Å²) in [6.45, 7) is 9.04. The van der Waals surface area contributed by atoms with E-state index in [-0.39, 0.29) is 0 Å². The Morgan fingerprint density at radius 2 is 2.15 bits per heavy atom. The number of halogens is 1. The molecule has 0 spiro atoms. The van der Waals surface area contributed by atoms with Crippen LogP contribution in [0.2, 0.25) is 0 Å². The lowest BCUT2D eigenvalue weighted by molar-refractivity contribution is 0.634. The molecule has 0 unspecified atom stereocenters. The summed E-state index contributed by atoms with van der Waals surface area (Å²) >= 11 is 8.11. The standard InChI is InChI=1S/C16H25ClN2S/c1-4-5-14-10-13(12-17)11-15(18-14)19-7-6-16(2,3)20-9-8-19/h10-11H,4-9,12H2,1-3H3. The van der Waals surface area contributed by atoms with E-state index in [0.29, 0.717) is 10.6 Å². The lowest BCUT2D eigenvalue weighted by atomic mass is 10.1. The Bertz CT molecular complexity index is 448. The zero-order valence-electron chi connectivity index (χ0n) is 12.8. The van der Waals surface area contributed by atoms with Gasteiger partial charge in [-0.2, -0.15) is 11.8 Å². The van der Waals surface area contributed by atoms with Gasteiger partial charge in [-0.3, -0.25) is 0 Å². The molecule has 1 aliphatic rings. The fourth-order valence-corrected chi connectivity index (χ4v) is 3.76. The van der Waals surface area contributed by atoms with Crippen LogP contribution in [0.5, 0.6) is 0 Å². The minimum atomic E-state index is 0.380. The van der Waals surface area contributed by atoms with Gasteiger partial charge in [0, 0.05) is 35.2 Å². The molecule has 112 valence electrons. The van der Waals surface area contributed by atoms with Gasteiger partial charge in [0.05, 0.1) is 0 Å². The van der Waals surface area contributed by atoms with Crippen molar-refractivity contribution in [2.45, 2.75) is 50.7 Å². The van der Waals surface area contributed by atoms with Crippen LogP contribution in [0.1, 0.15) is 44.9 Å². The normalized spacial score (nSPS) is 18.9. The second-order valence-corrected chi connectivity index (χ2v) is 8.12. The molecule has 0 radical (unpaired) electrons. The molecule has 0 N–H and O–H groups in total. The maximum absolute atomic E-state index is 6.04. The number of nitrogens with zero attached hydrogens (tertiary/aromatic N) is 2. The van der Waals surface area contributed by atoms with Crippen LogP contribution in [0.25, 0.3) is 0 Å². The number of hydrogen-bond donors (Lipinski definition) is 0. The summed E-state index contributed by atoms with van der Waals surface area (Å²) in [7, 11) is 0. The zero-order valence-corrected chi connectivity index (χ0v) is 14.4. The molecule has 2 rings (SSSR count). The Balaban J connectivity index is 2.20. The SMILES string of the molecule is CCCc1cc(CCl)cc(N2CCSC(C)(C)CC2)n1. The van der Waals surface area contributed by atoms with Crippen molar-refractivity contribution in [2.24, 2.45) is 0 Å². The van der Waals surface area contributed by atoms with Gasteiger partial charge in [0.15, 0.2) is 0 Å². The number of aromatic nitrogens is 1. The fraction of sp³-hybridized carbons (Fsp3) is 0.688. The summed E-state index contributed by atoms with van der Waals surface area (Å²) in [5.74, 6) is 2.85. The molecule has 20 heavy (non-hydrogen) atoms. The van der Waals surface area contributed by atoms with Crippen LogP contribution in [0, 0.1) is 0 Å². The Hall–Kier alpha value is -0.410. The molecule has 0 bridgehead atoms. The monoisotopic (exact) mass is 312 g/mol. The molecule has 2 nitrogen and oxygen atoms in total. The molecule has 1 aliphatic heterocycles. The summed E-state index contributed by atoms with van der Waals surface area (Å²) in [6, 6.07) is 4.31. The van der Waals surface area contributed by atoms with Crippen LogP contribution >= 0.6 is 23.4 Å². The van der Waals surface area contributed by atoms with Crippen molar-refractivity contribution in [1.82, 2.24) is 4.98 Å². The zero-order chi connectivity index (χ0) is 14.6. The first-order chi connectivity index (χ1) is 9.54. The van der Waals surface area contributed by atoms with E-state index < -0.39 is 0 Å². The number of hydrogen-bond acceptors (Lipinski definition) is 3. The molecule has 0 saturated carbocycles. The predicted octanol–water partition coefficient (Wildman–Crippen LogP) is 4.49. The molecular weight excluding hydrogens is 288 g/mol. The smallest absolute Gasteiger partial charge is 0.129 e. The predicted molar refractivity (Wildman–Crippen MR) is 91.2 cm³/mol. The molecule has 1 fully saturated rings. The Morgan fingerprint density at radius 1 is 1.35 bits per heavy atom. The van der Waals surface area contributed by atoms with Crippen LogP contribution in [0.15, 0.2) is 12.1 Å². The van der Waals surface area contributed by atoms with E-state index in [1.54, 1.807) is 0 Å². The highest BCUT2D eigenvalue weighted by Gasteiger charge is 2.24. The number of anilines is 1. The number of pyridine rings is 1. The van der Waals surface area contributed by atoms with Gasteiger partial charge >= 0.3 is 0 Å². The van der Waals surface area contributed by atoms with Crippen molar-refractivity contribution in [1.29, 1.82) is 0 Å². The van der Waals surface area contributed by atoms with E-state index in [0.717, 1.165) is 31.7 Å². The van der Waals surface area contributed by atoms with Crippen molar-refractivity contribution in [3.63, 3.8) is 0 Å². The molecule has 1 saturated heterocycles. The van der Waals surface area contributed by atoms with Crippen molar-refractivity contribution < 1.29 is 0 Å². The van der Waals surface area contributed by atoms with Crippen LogP contribution < -0.4 is 4.90 Å². The first kappa shape index (κ1) is 16.0. The van der Waals surface area contributed by atoms with Crippen molar-refractivity contribution in [3.05, 3.63) is 23.4 Å². The summed E-state index contributed by atoms with van der Waals surface area (Å²) < 4.78 is 0.380. The topological polar surface area (TPSA) is 16.1 Å². The molecule has 1 aromatic rings. The quantitative estimate of drug-likeness (QED) is 0.762. The van der Waals surface area contributed by atoms with Gasteiger partial charge in [-0.05, 0) is 30.5 Å². The minimum Gasteiger partial charge on any atom is -0.356 e. The maximum Gasteiger partial charge on any atom is 0.129 e. The van der Waals surface area contributed by atoms with Crippen LogP contribution in [0.3, 0.4) is 0 Å². The fourth-order valence-electron chi connectivity index (χ4n) is 2.51. The number of thioether (sulfide) groups is 1. The van der Waals surface area contributed by atoms with Crippen molar-refractivity contribution in [2.75, 3.05) is 23.7 Å². The summed E-state index contributed by atoms with van der Waals surface area (Å²) in [4.78, 5) is 7.27. The summed E-state index contributed by atoms with van der Waals surface area (Å²) in [5.41, 5.74) is 2.37. The van der Waals surface area contributed by atoms with Gasteiger partial charge in [-0.15, -0.1) is 11.6 Å². The third-order valence-electron chi connectivity index (χ3n) is 3.75. The Kier molecular flexibility index (Phi) is 5.62. The number of alkyl halides is 1. The van der Waals surface area contributed by atoms with Crippen molar-refractivity contribution in [3.8, 4) is 0 Å². The molecule has 0 aliphatic carbocycles. The maximum atomic E-state index is 6.04. The summed E-state index contributed by atoms with van der Waals surface area (Å²) in [6.07, 6.45) is 3.36. The highest BCUT2D eigenvalue weighted by molar-refractivity contribution is 8.00. The van der Waals surface area contributed by atoms with E-state index in [1.165, 1.54) is 23.4 Å². The average molecular weight is 313 g/mol. The van der Waals surface area contributed by atoms with E-state index in [2.05, 4.69) is 49.6 Å². The highest BCUT2D eigenvalue weighted by Crippen LogP contribution is 2.32. The molecule has 0 atom stereocenters. The lowest BCUT2D eigenvalue weighted by Gasteiger charge is -2.24. The van der Waals surface area contributed by atoms with Gasteiger partial charge in [0.2, 0.25) is 0 Å². The average Bonchev–Trinajstić information content (AvgIpc) is 2.59. The Labute approximate surface area is 132 Å². The lowest BCUT2D eigenvalue weighted by Crippen LogP contribution is -2.28. The Morgan fingerprint density at radius 3 is 2.85 bits per heavy atom. The van der Waals surface area contributed by atoms with Crippen LogP contribution in [-0.4, -0.2) is 28.6 Å². The number of aryl methyl sites for hydroxylation is 1. The number of rotatable bonds is 4. The first-order valence-corrected chi connectivity index (χ1v) is 9.01. The van der Waals surface area contributed by atoms with E-state index in [1.807, 2.05) is 0 Å². The summed E-state index contributed by atoms with van der Waals surface area (Å²) in [5, 5.41) is 0. The highest BCUT2D eigenvalue weighted by atomic mass is 35.5. The van der Waals surface area contributed by atoms with E-state index in [4.69, 9.17) is 16.6 Å². The molecule has 4 heteroatoms. The second kappa shape index (κ2) is 7.04. The van der Waals surface area contributed by atoms with E-state index >= 15 is 0 Å². The van der Waals surface area contributed by atoms with Crippen LogP contribution in [-0.2, 0) is 12.3 Å². The van der Waals surface area contributed by atoms with Gasteiger partial charge < -0.3 is 4.90 Å². The van der Waals surface area contributed by atoms with Gasteiger partial charge in [0.25, 0.3) is 0 Å². The first-order valence-electron chi connectivity index (χ1n) is 7.49. The van der Waals surface area contributed by atoms with Gasteiger partial charge in [0.1, 0.15) is 5.82 Å². The third kappa shape index (κ3) is 4.29. The van der Waals surface area contributed by atoms with Crippen LogP contribution in [0.4, 0.5) is 5.82 Å². The van der Waals surface area contributed by atoms with Gasteiger partial charge in [-0.25, -0.2) is 4.98 Å².